The monoisotopic (exact) mass is 394 g/mol. The molecule has 1 aliphatic rings. The minimum absolute atomic E-state index is 0.197. The number of sulfonamides is 1. The van der Waals surface area contributed by atoms with Gasteiger partial charge in [0.25, 0.3) is 11.6 Å². The molecular weight excluding hydrogens is 377 g/mol. The normalized spacial score (nSPS) is 21.4. The third kappa shape index (κ3) is 3.46. The fourth-order valence-corrected chi connectivity index (χ4v) is 3.60. The van der Waals surface area contributed by atoms with Gasteiger partial charge < -0.3 is 11.1 Å². The molecule has 1 saturated heterocycles. The Balaban J connectivity index is 2.48. The van der Waals surface area contributed by atoms with Gasteiger partial charge >= 0.3 is 12.2 Å². The average Bonchev–Trinajstić information content (AvgIpc) is 2.71. The van der Waals surface area contributed by atoms with Gasteiger partial charge in [0.2, 0.25) is 10.0 Å². The molecule has 3 amide bonds. The molecule has 0 aromatic heterocycles. The lowest BCUT2D eigenvalue weighted by atomic mass is 10.1. The number of hydrogen-bond donors (Lipinski definition) is 3. The molecule has 144 valence electrons. The zero-order valence-electron chi connectivity index (χ0n) is 13.8. The largest absolute Gasteiger partial charge is 0.435 e. The van der Waals surface area contributed by atoms with Gasteiger partial charge in [-0.05, 0) is 30.2 Å². The predicted octanol–water partition coefficient (Wildman–Crippen LogP) is 1.01. The number of urea groups is 1. The van der Waals surface area contributed by atoms with Gasteiger partial charge in [-0.15, -0.1) is 0 Å². The molecule has 2 rings (SSSR count). The molecular formula is C14H17F3N4O4S. The van der Waals surface area contributed by atoms with Crippen LogP contribution in [0.1, 0.15) is 13.8 Å². The molecule has 0 spiro atoms. The Morgan fingerprint density at radius 2 is 1.77 bits per heavy atom. The zero-order chi connectivity index (χ0) is 19.9. The van der Waals surface area contributed by atoms with Crippen LogP contribution in [0.2, 0.25) is 0 Å². The van der Waals surface area contributed by atoms with Crippen LogP contribution >= 0.6 is 0 Å². The van der Waals surface area contributed by atoms with E-state index in [4.69, 9.17) is 5.73 Å². The predicted molar refractivity (Wildman–Crippen MR) is 85.0 cm³/mol. The van der Waals surface area contributed by atoms with Crippen molar-refractivity contribution in [1.82, 2.24) is 14.9 Å². The summed E-state index contributed by atoms with van der Waals surface area (Å²) in [6.45, 7) is 2.88. The molecule has 1 aliphatic heterocycles. The molecule has 1 aromatic rings. The van der Waals surface area contributed by atoms with E-state index in [1.54, 1.807) is 13.8 Å². The van der Waals surface area contributed by atoms with Crippen LogP contribution in [0, 0.1) is 5.92 Å². The van der Waals surface area contributed by atoms with Gasteiger partial charge in [0.15, 0.2) is 0 Å². The molecule has 0 aliphatic carbocycles. The SMILES string of the molecule is CC(C)CN1C(=O)N[C@@](NS(=O)(=O)c2ccc(N)cc2)(C(F)(F)F)C1=O. The second-order valence-corrected chi connectivity index (χ2v) is 7.84. The highest BCUT2D eigenvalue weighted by Gasteiger charge is 2.69. The van der Waals surface area contributed by atoms with Crippen molar-refractivity contribution < 1.29 is 31.2 Å². The van der Waals surface area contributed by atoms with Crippen molar-refractivity contribution in [2.75, 3.05) is 12.3 Å². The van der Waals surface area contributed by atoms with E-state index < -0.39 is 38.7 Å². The molecule has 8 nitrogen and oxygen atoms in total. The summed E-state index contributed by atoms with van der Waals surface area (Å²) in [7, 11) is -4.80. The molecule has 0 bridgehead atoms. The zero-order valence-corrected chi connectivity index (χ0v) is 14.6. The highest BCUT2D eigenvalue weighted by Crippen LogP contribution is 2.35. The first kappa shape index (κ1) is 20.0. The summed E-state index contributed by atoms with van der Waals surface area (Å²) in [5.74, 6) is -2.05. The molecule has 1 heterocycles. The Labute approximate surface area is 147 Å². The number of nitrogens with zero attached hydrogens (tertiary/aromatic N) is 1. The molecule has 1 atom stereocenters. The molecule has 12 heteroatoms. The number of hydrogen-bond acceptors (Lipinski definition) is 5. The number of carbonyl (C=O) groups is 2. The number of rotatable bonds is 5. The summed E-state index contributed by atoms with van der Waals surface area (Å²) in [6.07, 6.45) is -5.41. The number of alkyl halides is 3. The Hall–Kier alpha value is -2.34. The highest BCUT2D eigenvalue weighted by molar-refractivity contribution is 7.89. The number of halogens is 3. The Kier molecular flexibility index (Phi) is 4.94. The van der Waals surface area contributed by atoms with Crippen LogP contribution in [0.4, 0.5) is 23.7 Å². The maximum atomic E-state index is 13.7. The number of nitrogens with two attached hydrogens (primary N) is 1. The molecule has 1 aromatic carbocycles. The minimum atomic E-state index is -5.41. The summed E-state index contributed by atoms with van der Waals surface area (Å²) in [5.41, 5.74) is 1.84. The van der Waals surface area contributed by atoms with Crippen LogP contribution in [-0.4, -0.2) is 43.6 Å². The van der Waals surface area contributed by atoms with Crippen LogP contribution in [0.25, 0.3) is 0 Å². The molecule has 1 fully saturated rings. The van der Waals surface area contributed by atoms with Gasteiger partial charge in [-0.1, -0.05) is 13.8 Å². The third-order valence-corrected chi connectivity index (χ3v) is 5.02. The maximum absolute atomic E-state index is 13.7. The third-order valence-electron chi connectivity index (χ3n) is 3.56. The lowest BCUT2D eigenvalue weighted by molar-refractivity contribution is -0.198. The van der Waals surface area contributed by atoms with Crippen molar-refractivity contribution in [3.05, 3.63) is 24.3 Å². The van der Waals surface area contributed by atoms with E-state index >= 15 is 0 Å². The van der Waals surface area contributed by atoms with Crippen LogP contribution in [0.15, 0.2) is 29.2 Å². The van der Waals surface area contributed by atoms with Gasteiger partial charge in [-0.25, -0.2) is 13.2 Å². The van der Waals surface area contributed by atoms with Gasteiger partial charge in [-0.2, -0.15) is 17.9 Å². The van der Waals surface area contributed by atoms with E-state index in [1.165, 1.54) is 22.2 Å². The maximum Gasteiger partial charge on any atom is 0.435 e. The number of nitrogen functional groups attached to an aromatic ring is 1. The fraction of sp³-hybridized carbons (Fsp3) is 0.429. The quantitative estimate of drug-likeness (QED) is 0.508. The number of amides is 3. The molecule has 0 unspecified atom stereocenters. The molecule has 4 N–H and O–H groups in total. The first-order chi connectivity index (χ1) is 11.8. The average molecular weight is 394 g/mol. The number of imide groups is 1. The topological polar surface area (TPSA) is 122 Å². The van der Waals surface area contributed by atoms with Gasteiger partial charge in [0.05, 0.1) is 4.90 Å². The highest BCUT2D eigenvalue weighted by atomic mass is 32.2. The summed E-state index contributed by atoms with van der Waals surface area (Å²) in [4.78, 5) is 24.0. The van der Waals surface area contributed by atoms with Gasteiger partial charge in [-0.3, -0.25) is 9.69 Å². The first-order valence-corrected chi connectivity index (χ1v) is 8.89. The van der Waals surface area contributed by atoms with E-state index in [1.807, 2.05) is 0 Å². The summed E-state index contributed by atoms with van der Waals surface area (Å²) < 4.78 is 67.0. The van der Waals surface area contributed by atoms with Crippen molar-refractivity contribution in [3.63, 3.8) is 0 Å². The second-order valence-electron chi connectivity index (χ2n) is 6.16. The van der Waals surface area contributed by atoms with E-state index in [2.05, 4.69) is 0 Å². The molecule has 26 heavy (non-hydrogen) atoms. The van der Waals surface area contributed by atoms with Crippen LogP contribution in [0.3, 0.4) is 0 Å². The number of anilines is 1. The number of carbonyl (C=O) groups excluding carboxylic acids is 2. The van der Waals surface area contributed by atoms with Crippen molar-refractivity contribution in [1.29, 1.82) is 0 Å². The number of benzene rings is 1. The van der Waals surface area contributed by atoms with E-state index in [-0.39, 0.29) is 18.2 Å². The Morgan fingerprint density at radius 3 is 2.23 bits per heavy atom. The number of nitrogens with one attached hydrogen (secondary N) is 2. The smallest absolute Gasteiger partial charge is 0.399 e. The Morgan fingerprint density at radius 1 is 1.23 bits per heavy atom. The van der Waals surface area contributed by atoms with Crippen molar-refractivity contribution >= 4 is 27.6 Å². The minimum Gasteiger partial charge on any atom is -0.399 e. The fourth-order valence-electron chi connectivity index (χ4n) is 2.33. The van der Waals surface area contributed by atoms with E-state index in [0.717, 1.165) is 12.1 Å². The molecule has 0 radical (unpaired) electrons. The van der Waals surface area contributed by atoms with Crippen molar-refractivity contribution in [2.24, 2.45) is 5.92 Å². The van der Waals surface area contributed by atoms with Gasteiger partial charge in [0.1, 0.15) is 0 Å². The van der Waals surface area contributed by atoms with Crippen molar-refractivity contribution in [3.8, 4) is 0 Å². The lowest BCUT2D eigenvalue weighted by Gasteiger charge is -2.29. The second kappa shape index (κ2) is 6.43. The summed E-state index contributed by atoms with van der Waals surface area (Å²) in [6, 6.07) is 2.98. The van der Waals surface area contributed by atoms with Crippen LogP contribution in [-0.2, 0) is 14.8 Å². The van der Waals surface area contributed by atoms with Crippen LogP contribution < -0.4 is 15.8 Å². The molecule has 0 saturated carbocycles. The van der Waals surface area contributed by atoms with Crippen LogP contribution in [0.5, 0.6) is 0 Å². The van der Waals surface area contributed by atoms with Crippen molar-refractivity contribution in [2.45, 2.75) is 30.6 Å². The summed E-state index contributed by atoms with van der Waals surface area (Å²) in [5, 5.41) is 1.45. The van der Waals surface area contributed by atoms with E-state index in [9.17, 15) is 31.2 Å². The standard InChI is InChI=1S/C14H17F3N4O4S/c1-8(2)7-21-11(22)13(14(15,16)17,19-12(21)23)20-26(24,25)10-5-3-9(18)4-6-10/h3-6,8,20H,7,18H2,1-2H3,(H,19,23)/t13-/m0/s1. The Bertz CT molecular complexity index is 824. The van der Waals surface area contributed by atoms with E-state index in [0.29, 0.717) is 4.90 Å². The lowest BCUT2D eigenvalue weighted by Crippen LogP contribution is -2.69. The first-order valence-electron chi connectivity index (χ1n) is 7.40. The summed E-state index contributed by atoms with van der Waals surface area (Å²) >= 11 is 0. The van der Waals surface area contributed by atoms with Gasteiger partial charge in [0, 0.05) is 12.2 Å².